The lowest BCUT2D eigenvalue weighted by atomic mass is 9.98. The fourth-order valence-electron chi connectivity index (χ4n) is 3.65. The van der Waals surface area contributed by atoms with Crippen molar-refractivity contribution in [1.82, 2.24) is 4.90 Å². The average Bonchev–Trinajstić information content (AvgIpc) is 3.08. The maximum Gasteiger partial charge on any atom is 0.411 e. The van der Waals surface area contributed by atoms with Crippen LogP contribution < -0.4 is 5.32 Å². The fourth-order valence-corrected chi connectivity index (χ4v) is 3.65. The Balaban J connectivity index is 1.75. The van der Waals surface area contributed by atoms with Crippen molar-refractivity contribution in [2.24, 2.45) is 5.92 Å². The first-order valence-electron chi connectivity index (χ1n) is 8.32. The standard InChI is InChI=1S/C18H23FN2O3/c1-18(2,3)24-17(23)21-14-9-4-11(10-14)15(21)16(22)20-13-7-5-12(19)6-8-13/h5-8,11,14-15H,4,9-10H2,1-3H3,(H,20,22)/t11-,14+,15-/m0/s1. The molecule has 2 aliphatic rings. The number of rotatable bonds is 2. The number of anilines is 1. The van der Waals surface area contributed by atoms with Gasteiger partial charge in [0.25, 0.3) is 0 Å². The molecule has 3 rings (SSSR count). The molecular formula is C18H23FN2O3. The smallest absolute Gasteiger partial charge is 0.411 e. The summed E-state index contributed by atoms with van der Waals surface area (Å²) in [7, 11) is 0. The number of carbonyl (C=O) groups excluding carboxylic acids is 2. The van der Waals surface area contributed by atoms with E-state index >= 15 is 0 Å². The maximum atomic E-state index is 13.0. The van der Waals surface area contributed by atoms with Gasteiger partial charge < -0.3 is 10.1 Å². The second kappa shape index (κ2) is 6.07. The van der Waals surface area contributed by atoms with Crippen LogP contribution in [-0.4, -0.2) is 34.6 Å². The molecule has 2 fully saturated rings. The summed E-state index contributed by atoms with van der Waals surface area (Å²) in [6, 6.07) is 5.15. The molecular weight excluding hydrogens is 311 g/mol. The number of benzene rings is 1. The van der Waals surface area contributed by atoms with E-state index in [4.69, 9.17) is 4.74 Å². The van der Waals surface area contributed by atoms with Gasteiger partial charge in [-0.3, -0.25) is 9.69 Å². The highest BCUT2D eigenvalue weighted by Gasteiger charge is 2.52. The van der Waals surface area contributed by atoms with Gasteiger partial charge in [0, 0.05) is 11.7 Å². The first kappa shape index (κ1) is 16.7. The number of carbonyl (C=O) groups is 2. The Morgan fingerprint density at radius 2 is 1.88 bits per heavy atom. The van der Waals surface area contributed by atoms with E-state index in [-0.39, 0.29) is 23.7 Å². The third-order valence-corrected chi connectivity index (χ3v) is 4.57. The summed E-state index contributed by atoms with van der Waals surface area (Å²) in [5.41, 5.74) is -0.0787. The van der Waals surface area contributed by atoms with Gasteiger partial charge >= 0.3 is 6.09 Å². The Kier molecular flexibility index (Phi) is 4.24. The van der Waals surface area contributed by atoms with Crippen molar-refractivity contribution in [3.63, 3.8) is 0 Å². The summed E-state index contributed by atoms with van der Waals surface area (Å²) in [6.45, 7) is 5.44. The average molecular weight is 334 g/mol. The summed E-state index contributed by atoms with van der Waals surface area (Å²) in [5.74, 6) is -0.439. The van der Waals surface area contributed by atoms with E-state index in [0.29, 0.717) is 5.69 Å². The molecule has 1 saturated carbocycles. The number of hydrogen-bond acceptors (Lipinski definition) is 3. The Morgan fingerprint density at radius 1 is 1.21 bits per heavy atom. The van der Waals surface area contributed by atoms with Gasteiger partial charge in [-0.1, -0.05) is 0 Å². The van der Waals surface area contributed by atoms with E-state index in [9.17, 15) is 14.0 Å². The van der Waals surface area contributed by atoms with Gasteiger partial charge in [0.05, 0.1) is 0 Å². The number of halogens is 1. The first-order chi connectivity index (χ1) is 11.2. The summed E-state index contributed by atoms with van der Waals surface area (Å²) < 4.78 is 18.5. The number of amides is 2. The van der Waals surface area contributed by atoms with Crippen LogP contribution in [0.15, 0.2) is 24.3 Å². The maximum absolute atomic E-state index is 13.0. The molecule has 1 N–H and O–H groups in total. The van der Waals surface area contributed by atoms with Crippen LogP contribution in [0.25, 0.3) is 0 Å². The molecule has 2 amide bonds. The summed E-state index contributed by atoms with van der Waals surface area (Å²) in [5, 5.41) is 2.79. The number of hydrogen-bond donors (Lipinski definition) is 1. The quantitative estimate of drug-likeness (QED) is 0.900. The molecule has 6 heteroatoms. The third-order valence-electron chi connectivity index (χ3n) is 4.57. The molecule has 1 aromatic carbocycles. The second-order valence-electron chi connectivity index (χ2n) is 7.56. The van der Waals surface area contributed by atoms with E-state index in [1.807, 2.05) is 20.8 Å². The summed E-state index contributed by atoms with van der Waals surface area (Å²) in [4.78, 5) is 26.8. The Hall–Kier alpha value is -2.11. The van der Waals surface area contributed by atoms with Crippen LogP contribution in [0.5, 0.6) is 0 Å². The van der Waals surface area contributed by atoms with E-state index in [0.717, 1.165) is 19.3 Å². The first-order valence-corrected chi connectivity index (χ1v) is 8.32. The number of piperidine rings is 1. The molecule has 0 unspecified atom stereocenters. The van der Waals surface area contributed by atoms with Crippen molar-refractivity contribution in [3.05, 3.63) is 30.1 Å². The fraction of sp³-hybridized carbons (Fsp3) is 0.556. The minimum Gasteiger partial charge on any atom is -0.444 e. The van der Waals surface area contributed by atoms with Crippen molar-refractivity contribution in [3.8, 4) is 0 Å². The Labute approximate surface area is 141 Å². The highest BCUT2D eigenvalue weighted by molar-refractivity contribution is 5.97. The van der Waals surface area contributed by atoms with Gasteiger partial charge in [0.2, 0.25) is 5.91 Å². The molecule has 0 aromatic heterocycles. The van der Waals surface area contributed by atoms with E-state index in [1.54, 1.807) is 4.90 Å². The molecule has 1 aromatic rings. The number of fused-ring (bicyclic) bond motifs is 2. The molecule has 0 radical (unpaired) electrons. The van der Waals surface area contributed by atoms with Gasteiger partial charge in [-0.15, -0.1) is 0 Å². The lowest BCUT2D eigenvalue weighted by molar-refractivity contribution is -0.122. The third kappa shape index (κ3) is 3.37. The van der Waals surface area contributed by atoms with E-state index in [2.05, 4.69) is 5.32 Å². The number of likely N-dealkylation sites (tertiary alicyclic amines) is 1. The van der Waals surface area contributed by atoms with Crippen LogP contribution in [0, 0.1) is 11.7 Å². The van der Waals surface area contributed by atoms with Gasteiger partial charge in [0.15, 0.2) is 0 Å². The van der Waals surface area contributed by atoms with Crippen molar-refractivity contribution in [2.75, 3.05) is 5.32 Å². The van der Waals surface area contributed by atoms with Crippen LogP contribution in [-0.2, 0) is 9.53 Å². The van der Waals surface area contributed by atoms with Gasteiger partial charge in [-0.05, 0) is 70.2 Å². The monoisotopic (exact) mass is 334 g/mol. The SMILES string of the molecule is CC(C)(C)OC(=O)N1[C@@H]2CC[C@@H](C2)[C@H]1C(=O)Nc1ccc(F)cc1. The normalized spacial score (nSPS) is 25.7. The van der Waals surface area contributed by atoms with Crippen molar-refractivity contribution < 1.29 is 18.7 Å². The zero-order valence-corrected chi connectivity index (χ0v) is 14.2. The number of nitrogens with one attached hydrogen (secondary N) is 1. The molecule has 3 atom stereocenters. The molecule has 5 nitrogen and oxygen atoms in total. The highest BCUT2D eigenvalue weighted by atomic mass is 19.1. The van der Waals surface area contributed by atoms with Crippen LogP contribution in [0.1, 0.15) is 40.0 Å². The Bertz CT molecular complexity index is 639. The van der Waals surface area contributed by atoms with Crippen molar-refractivity contribution in [1.29, 1.82) is 0 Å². The van der Waals surface area contributed by atoms with E-state index < -0.39 is 17.7 Å². The zero-order chi connectivity index (χ0) is 17.5. The van der Waals surface area contributed by atoms with Gasteiger partial charge in [-0.2, -0.15) is 0 Å². The van der Waals surface area contributed by atoms with Crippen LogP contribution in [0.2, 0.25) is 0 Å². The van der Waals surface area contributed by atoms with Crippen LogP contribution in [0.4, 0.5) is 14.9 Å². The number of ether oxygens (including phenoxy) is 1. The van der Waals surface area contributed by atoms with Gasteiger partial charge in [-0.25, -0.2) is 9.18 Å². The largest absolute Gasteiger partial charge is 0.444 e. The minimum atomic E-state index is -0.600. The predicted octanol–water partition coefficient (Wildman–Crippen LogP) is 3.55. The van der Waals surface area contributed by atoms with E-state index in [1.165, 1.54) is 24.3 Å². The molecule has 130 valence electrons. The highest BCUT2D eigenvalue weighted by Crippen LogP contribution is 2.43. The van der Waals surface area contributed by atoms with Crippen LogP contribution in [0.3, 0.4) is 0 Å². The number of nitrogens with zero attached hydrogens (tertiary/aromatic N) is 1. The molecule has 2 bridgehead atoms. The lowest BCUT2D eigenvalue weighted by Crippen LogP contribution is -2.52. The second-order valence-corrected chi connectivity index (χ2v) is 7.56. The molecule has 1 aliphatic heterocycles. The molecule has 0 spiro atoms. The van der Waals surface area contributed by atoms with Crippen molar-refractivity contribution >= 4 is 17.7 Å². The lowest BCUT2D eigenvalue weighted by Gasteiger charge is -2.35. The molecule has 1 saturated heterocycles. The predicted molar refractivity (Wildman–Crippen MR) is 88.0 cm³/mol. The molecule has 1 heterocycles. The Morgan fingerprint density at radius 3 is 2.50 bits per heavy atom. The zero-order valence-electron chi connectivity index (χ0n) is 14.2. The minimum absolute atomic E-state index is 0.0637. The summed E-state index contributed by atoms with van der Waals surface area (Å²) in [6.07, 6.45) is 2.24. The molecule has 24 heavy (non-hydrogen) atoms. The summed E-state index contributed by atoms with van der Waals surface area (Å²) >= 11 is 0. The molecule has 1 aliphatic carbocycles. The van der Waals surface area contributed by atoms with Crippen LogP contribution >= 0.6 is 0 Å². The van der Waals surface area contributed by atoms with Gasteiger partial charge in [0.1, 0.15) is 17.5 Å². The topological polar surface area (TPSA) is 58.6 Å². The van der Waals surface area contributed by atoms with Crippen molar-refractivity contribution in [2.45, 2.75) is 57.7 Å².